The van der Waals surface area contributed by atoms with E-state index in [-0.39, 0.29) is 5.02 Å². The Bertz CT molecular complexity index is 443. The predicted molar refractivity (Wildman–Crippen MR) is 70.9 cm³/mol. The van der Waals surface area contributed by atoms with Gasteiger partial charge in [-0.2, -0.15) is 0 Å². The van der Waals surface area contributed by atoms with E-state index in [1.54, 1.807) is 0 Å². The fourth-order valence-corrected chi connectivity index (χ4v) is 2.20. The van der Waals surface area contributed by atoms with Crippen LogP contribution in [0.15, 0.2) is 23.8 Å². The fourth-order valence-electron chi connectivity index (χ4n) is 2.04. The summed E-state index contributed by atoms with van der Waals surface area (Å²) in [5.74, 6) is -0.479. The molecular weight excluding hydrogens is 239 g/mol. The lowest BCUT2D eigenvalue weighted by Gasteiger charge is -2.10. The van der Waals surface area contributed by atoms with Crippen molar-refractivity contribution >= 4 is 23.0 Å². The number of nitrogen functional groups attached to an aromatic ring is 1. The number of rotatable bonds is 4. The number of hydrogen-bond donors (Lipinski definition) is 2. The Morgan fingerprint density at radius 1 is 1.41 bits per heavy atom. The van der Waals surface area contributed by atoms with Crippen LogP contribution in [0.25, 0.3) is 0 Å². The molecule has 1 aliphatic carbocycles. The second-order valence-electron chi connectivity index (χ2n) is 4.28. The third-order valence-electron chi connectivity index (χ3n) is 2.99. The maximum atomic E-state index is 13.1. The number of nitrogens with two attached hydrogens (primary N) is 1. The van der Waals surface area contributed by atoms with Crippen molar-refractivity contribution in [2.24, 2.45) is 0 Å². The van der Waals surface area contributed by atoms with Crippen molar-refractivity contribution in [3.05, 3.63) is 34.6 Å². The first kappa shape index (κ1) is 12.2. The molecule has 17 heavy (non-hydrogen) atoms. The number of benzene rings is 1. The van der Waals surface area contributed by atoms with Crippen molar-refractivity contribution < 1.29 is 4.39 Å². The van der Waals surface area contributed by atoms with Crippen LogP contribution in [0, 0.1) is 5.82 Å². The summed E-state index contributed by atoms with van der Waals surface area (Å²) < 4.78 is 13.1. The Labute approximate surface area is 106 Å². The normalized spacial score (nSPS) is 14.8. The zero-order chi connectivity index (χ0) is 12.3. The lowest BCUT2D eigenvalue weighted by molar-refractivity contribution is 0.629. The molecule has 0 bridgehead atoms. The summed E-state index contributed by atoms with van der Waals surface area (Å²) >= 11 is 5.71. The van der Waals surface area contributed by atoms with Gasteiger partial charge < -0.3 is 11.1 Å². The summed E-state index contributed by atoms with van der Waals surface area (Å²) in [7, 11) is 0. The SMILES string of the molecule is Nc1cc(F)c(Cl)cc1NCCC1=CCCC1. The van der Waals surface area contributed by atoms with Crippen LogP contribution < -0.4 is 11.1 Å². The number of hydrogen-bond acceptors (Lipinski definition) is 2. The third kappa shape index (κ3) is 3.13. The standard InChI is InChI=1S/C13H16ClFN2/c14-10-7-13(12(16)8-11(10)15)17-6-5-9-3-1-2-4-9/h3,7-8,17H,1-2,4-6,16H2. The number of anilines is 2. The summed E-state index contributed by atoms with van der Waals surface area (Å²) in [6, 6.07) is 2.79. The van der Waals surface area contributed by atoms with E-state index in [9.17, 15) is 4.39 Å². The van der Waals surface area contributed by atoms with E-state index in [1.165, 1.54) is 37.0 Å². The van der Waals surface area contributed by atoms with Gasteiger partial charge in [0, 0.05) is 12.6 Å². The Kier molecular flexibility index (Phi) is 3.89. The van der Waals surface area contributed by atoms with Crippen LogP contribution in [0.4, 0.5) is 15.8 Å². The second-order valence-corrected chi connectivity index (χ2v) is 4.69. The highest BCUT2D eigenvalue weighted by atomic mass is 35.5. The second kappa shape index (κ2) is 5.41. The van der Waals surface area contributed by atoms with E-state index < -0.39 is 5.82 Å². The average molecular weight is 255 g/mol. The molecule has 1 aliphatic rings. The molecule has 0 fully saturated rings. The molecule has 2 rings (SSSR count). The summed E-state index contributed by atoms with van der Waals surface area (Å²) in [5, 5.41) is 3.29. The van der Waals surface area contributed by atoms with Gasteiger partial charge in [0.05, 0.1) is 16.4 Å². The Morgan fingerprint density at radius 2 is 2.24 bits per heavy atom. The van der Waals surface area contributed by atoms with E-state index in [0.717, 1.165) is 13.0 Å². The van der Waals surface area contributed by atoms with Crippen molar-refractivity contribution in [2.45, 2.75) is 25.7 Å². The molecule has 1 aromatic rings. The summed E-state index contributed by atoms with van der Waals surface area (Å²) in [5.41, 5.74) is 8.30. The molecule has 0 saturated carbocycles. The van der Waals surface area contributed by atoms with Gasteiger partial charge in [0.2, 0.25) is 0 Å². The summed E-state index contributed by atoms with van der Waals surface area (Å²) in [6.07, 6.45) is 6.96. The summed E-state index contributed by atoms with van der Waals surface area (Å²) in [4.78, 5) is 0. The van der Waals surface area contributed by atoms with E-state index in [2.05, 4.69) is 11.4 Å². The lowest BCUT2D eigenvalue weighted by atomic mass is 10.1. The quantitative estimate of drug-likeness (QED) is 0.630. The van der Waals surface area contributed by atoms with Gasteiger partial charge in [-0.3, -0.25) is 0 Å². The van der Waals surface area contributed by atoms with Crippen LogP contribution in [0.1, 0.15) is 25.7 Å². The molecule has 0 aromatic heterocycles. The fraction of sp³-hybridized carbons (Fsp3) is 0.385. The van der Waals surface area contributed by atoms with Crippen LogP contribution in [0.3, 0.4) is 0 Å². The highest BCUT2D eigenvalue weighted by Crippen LogP contribution is 2.27. The number of halogens is 2. The molecule has 3 N–H and O–H groups in total. The molecule has 0 heterocycles. The van der Waals surface area contributed by atoms with Crippen molar-refractivity contribution in [1.82, 2.24) is 0 Å². The van der Waals surface area contributed by atoms with E-state index in [1.807, 2.05) is 0 Å². The molecule has 2 nitrogen and oxygen atoms in total. The largest absolute Gasteiger partial charge is 0.397 e. The van der Waals surface area contributed by atoms with Crippen molar-refractivity contribution in [3.63, 3.8) is 0 Å². The van der Waals surface area contributed by atoms with Gasteiger partial charge in [-0.25, -0.2) is 4.39 Å². The van der Waals surface area contributed by atoms with E-state index >= 15 is 0 Å². The van der Waals surface area contributed by atoms with Crippen LogP contribution in [-0.4, -0.2) is 6.54 Å². The lowest BCUT2D eigenvalue weighted by Crippen LogP contribution is -2.05. The van der Waals surface area contributed by atoms with Crippen molar-refractivity contribution in [3.8, 4) is 0 Å². The van der Waals surface area contributed by atoms with Gasteiger partial charge in [0.1, 0.15) is 5.82 Å². The average Bonchev–Trinajstić information content (AvgIpc) is 2.78. The minimum atomic E-state index is -0.479. The molecule has 0 radical (unpaired) electrons. The molecule has 0 atom stereocenters. The van der Waals surface area contributed by atoms with E-state index in [4.69, 9.17) is 17.3 Å². The van der Waals surface area contributed by atoms with Gasteiger partial charge in [-0.1, -0.05) is 23.3 Å². The number of allylic oxidation sites excluding steroid dienone is 1. The molecule has 92 valence electrons. The van der Waals surface area contributed by atoms with Gasteiger partial charge in [0.15, 0.2) is 0 Å². The Hall–Kier alpha value is -1.22. The minimum Gasteiger partial charge on any atom is -0.397 e. The van der Waals surface area contributed by atoms with E-state index in [0.29, 0.717) is 11.4 Å². The predicted octanol–water partition coefficient (Wildman–Crippen LogP) is 3.97. The molecule has 4 heteroatoms. The van der Waals surface area contributed by atoms with Crippen LogP contribution >= 0.6 is 11.6 Å². The first-order valence-corrected chi connectivity index (χ1v) is 6.21. The van der Waals surface area contributed by atoms with Crippen LogP contribution in [0.5, 0.6) is 0 Å². The molecule has 1 aromatic carbocycles. The minimum absolute atomic E-state index is 0.0989. The zero-order valence-corrected chi connectivity index (χ0v) is 10.4. The number of nitrogens with one attached hydrogen (secondary N) is 1. The van der Waals surface area contributed by atoms with Crippen molar-refractivity contribution in [1.29, 1.82) is 0 Å². The first-order chi connectivity index (χ1) is 8.16. The first-order valence-electron chi connectivity index (χ1n) is 5.83. The van der Waals surface area contributed by atoms with Gasteiger partial charge in [-0.15, -0.1) is 0 Å². The topological polar surface area (TPSA) is 38.0 Å². The molecule has 0 spiro atoms. The van der Waals surface area contributed by atoms with Gasteiger partial charge in [0.25, 0.3) is 0 Å². The molecule has 0 saturated heterocycles. The molecule has 0 amide bonds. The van der Waals surface area contributed by atoms with Gasteiger partial charge in [-0.05, 0) is 31.7 Å². The van der Waals surface area contributed by atoms with Crippen LogP contribution in [0.2, 0.25) is 5.02 Å². The Morgan fingerprint density at radius 3 is 2.94 bits per heavy atom. The smallest absolute Gasteiger partial charge is 0.143 e. The summed E-state index contributed by atoms with van der Waals surface area (Å²) in [6.45, 7) is 0.804. The van der Waals surface area contributed by atoms with Crippen LogP contribution in [-0.2, 0) is 0 Å². The highest BCUT2D eigenvalue weighted by Gasteiger charge is 2.07. The monoisotopic (exact) mass is 254 g/mol. The molecule has 0 unspecified atom stereocenters. The third-order valence-corrected chi connectivity index (χ3v) is 3.28. The zero-order valence-electron chi connectivity index (χ0n) is 9.60. The van der Waals surface area contributed by atoms with Gasteiger partial charge >= 0.3 is 0 Å². The maximum absolute atomic E-state index is 13.1. The molecule has 0 aliphatic heterocycles. The van der Waals surface area contributed by atoms with Crippen molar-refractivity contribution in [2.75, 3.05) is 17.6 Å². The highest BCUT2D eigenvalue weighted by molar-refractivity contribution is 6.31. The Balaban J connectivity index is 1.92. The molecular formula is C13H16ClFN2. The maximum Gasteiger partial charge on any atom is 0.143 e.